The van der Waals surface area contributed by atoms with E-state index in [1.165, 1.54) is 17.3 Å². The summed E-state index contributed by atoms with van der Waals surface area (Å²) in [6.45, 7) is 0. The molecule has 0 unspecified atom stereocenters. The van der Waals surface area contributed by atoms with Gasteiger partial charge in [-0.25, -0.2) is 0 Å². The average molecular weight is 426 g/mol. The molecule has 0 bridgehead atoms. The van der Waals surface area contributed by atoms with Gasteiger partial charge in [0.2, 0.25) is 5.89 Å². The first kappa shape index (κ1) is 14.8. The van der Waals surface area contributed by atoms with Crippen molar-refractivity contribution >= 4 is 43.6 Å². The summed E-state index contributed by atoms with van der Waals surface area (Å²) < 4.78 is 7.74. The molecule has 3 aromatic rings. The summed E-state index contributed by atoms with van der Waals surface area (Å²) in [5.41, 5.74) is 2.11. The molecule has 0 saturated carbocycles. The van der Waals surface area contributed by atoms with Gasteiger partial charge in [0.15, 0.2) is 0 Å². The van der Waals surface area contributed by atoms with Crippen LogP contribution < -0.4 is 0 Å². The standard InChI is InChI=1S/C15H10Br2N2OS/c16-12-5-1-3-10(7-12)9-21-15-19-18-14(20-15)11-4-2-6-13(17)8-11/h1-8H,9H2. The van der Waals surface area contributed by atoms with Gasteiger partial charge >= 0.3 is 0 Å². The van der Waals surface area contributed by atoms with E-state index in [-0.39, 0.29) is 0 Å². The fourth-order valence-electron chi connectivity index (χ4n) is 1.78. The van der Waals surface area contributed by atoms with Crippen molar-refractivity contribution in [1.82, 2.24) is 10.2 Å². The fourth-order valence-corrected chi connectivity index (χ4v) is 3.33. The van der Waals surface area contributed by atoms with E-state index in [9.17, 15) is 0 Å². The van der Waals surface area contributed by atoms with Gasteiger partial charge in [-0.1, -0.05) is 61.8 Å². The zero-order chi connectivity index (χ0) is 14.7. The second-order valence-electron chi connectivity index (χ2n) is 4.30. The minimum absolute atomic E-state index is 0.535. The second-order valence-corrected chi connectivity index (χ2v) is 7.06. The molecule has 0 aliphatic rings. The number of aromatic nitrogens is 2. The molecule has 2 aromatic carbocycles. The smallest absolute Gasteiger partial charge is 0.277 e. The van der Waals surface area contributed by atoms with E-state index < -0.39 is 0 Å². The van der Waals surface area contributed by atoms with Crippen molar-refractivity contribution in [2.45, 2.75) is 11.0 Å². The Hall–Kier alpha value is -1.11. The van der Waals surface area contributed by atoms with Crippen LogP contribution in [0.5, 0.6) is 0 Å². The predicted molar refractivity (Wildman–Crippen MR) is 91.1 cm³/mol. The molecule has 0 radical (unpaired) electrons. The Kier molecular flexibility index (Phi) is 4.77. The van der Waals surface area contributed by atoms with Crippen LogP contribution in [-0.2, 0) is 5.75 Å². The topological polar surface area (TPSA) is 38.9 Å². The third-order valence-corrected chi connectivity index (χ3v) is 4.61. The van der Waals surface area contributed by atoms with E-state index in [4.69, 9.17) is 4.42 Å². The molecule has 3 rings (SSSR count). The van der Waals surface area contributed by atoms with Crippen molar-refractivity contribution in [2.75, 3.05) is 0 Å². The maximum absolute atomic E-state index is 5.68. The molecule has 3 nitrogen and oxygen atoms in total. The molecular formula is C15H10Br2N2OS. The number of thioether (sulfide) groups is 1. The summed E-state index contributed by atoms with van der Waals surface area (Å²) in [6.07, 6.45) is 0. The number of halogens is 2. The van der Waals surface area contributed by atoms with Crippen LogP contribution in [0.15, 0.2) is 67.1 Å². The first-order valence-electron chi connectivity index (χ1n) is 6.17. The van der Waals surface area contributed by atoms with Crippen molar-refractivity contribution in [3.63, 3.8) is 0 Å². The van der Waals surface area contributed by atoms with Crippen molar-refractivity contribution in [3.8, 4) is 11.5 Å². The van der Waals surface area contributed by atoms with Gasteiger partial charge in [0.05, 0.1) is 0 Å². The number of hydrogen-bond donors (Lipinski definition) is 0. The number of benzene rings is 2. The zero-order valence-corrected chi connectivity index (χ0v) is 14.8. The van der Waals surface area contributed by atoms with E-state index in [1.807, 2.05) is 36.4 Å². The summed E-state index contributed by atoms with van der Waals surface area (Å²) in [7, 11) is 0. The van der Waals surface area contributed by atoms with Crippen LogP contribution in [0.4, 0.5) is 0 Å². The molecule has 0 aliphatic carbocycles. The van der Waals surface area contributed by atoms with E-state index in [0.717, 1.165) is 20.3 Å². The molecule has 1 heterocycles. The Morgan fingerprint density at radius 2 is 1.71 bits per heavy atom. The molecule has 0 amide bonds. The van der Waals surface area contributed by atoms with Gasteiger partial charge in [-0.3, -0.25) is 0 Å². The van der Waals surface area contributed by atoms with Crippen molar-refractivity contribution in [1.29, 1.82) is 0 Å². The van der Waals surface area contributed by atoms with Crippen LogP contribution in [0.2, 0.25) is 0 Å². The highest BCUT2D eigenvalue weighted by atomic mass is 79.9. The lowest BCUT2D eigenvalue weighted by atomic mass is 10.2. The zero-order valence-electron chi connectivity index (χ0n) is 10.8. The lowest BCUT2D eigenvalue weighted by molar-refractivity contribution is 0.466. The normalized spacial score (nSPS) is 10.8. The average Bonchev–Trinajstić information content (AvgIpc) is 2.94. The first-order valence-corrected chi connectivity index (χ1v) is 8.74. The second kappa shape index (κ2) is 6.77. The number of hydrogen-bond acceptors (Lipinski definition) is 4. The molecule has 0 aliphatic heterocycles. The number of nitrogens with zero attached hydrogens (tertiary/aromatic N) is 2. The lowest BCUT2D eigenvalue weighted by Crippen LogP contribution is -1.80. The SMILES string of the molecule is Brc1cccc(CSc2nnc(-c3cccc(Br)c3)o2)c1. The van der Waals surface area contributed by atoms with E-state index in [1.54, 1.807) is 0 Å². The van der Waals surface area contributed by atoms with Gasteiger partial charge in [0.1, 0.15) is 0 Å². The monoisotopic (exact) mass is 424 g/mol. The maximum Gasteiger partial charge on any atom is 0.277 e. The van der Waals surface area contributed by atoms with Gasteiger partial charge in [-0.15, -0.1) is 10.2 Å². The lowest BCUT2D eigenvalue weighted by Gasteiger charge is -1.98. The van der Waals surface area contributed by atoms with Gasteiger partial charge in [-0.2, -0.15) is 0 Å². The summed E-state index contributed by atoms with van der Waals surface area (Å²) in [6, 6.07) is 16.0. The fraction of sp³-hybridized carbons (Fsp3) is 0.0667. The van der Waals surface area contributed by atoms with Crippen LogP contribution in [0.1, 0.15) is 5.56 Å². The molecular weight excluding hydrogens is 416 g/mol. The molecule has 0 saturated heterocycles. The quantitative estimate of drug-likeness (QED) is 0.513. The molecule has 0 fully saturated rings. The highest BCUT2D eigenvalue weighted by molar-refractivity contribution is 9.10. The van der Waals surface area contributed by atoms with Gasteiger partial charge in [0.25, 0.3) is 5.22 Å². The Labute approximate surface area is 143 Å². The van der Waals surface area contributed by atoms with Crippen LogP contribution in [0.3, 0.4) is 0 Å². The molecule has 0 atom stereocenters. The molecule has 0 N–H and O–H groups in total. The van der Waals surface area contributed by atoms with Crippen LogP contribution >= 0.6 is 43.6 Å². The Morgan fingerprint density at radius 3 is 2.48 bits per heavy atom. The van der Waals surface area contributed by atoms with Crippen molar-refractivity contribution in [3.05, 3.63) is 63.0 Å². The Balaban J connectivity index is 1.71. The molecule has 6 heteroatoms. The van der Waals surface area contributed by atoms with Crippen LogP contribution in [0.25, 0.3) is 11.5 Å². The first-order chi connectivity index (χ1) is 10.2. The predicted octanol–water partition coefficient (Wildman–Crippen LogP) is 5.55. The molecule has 106 valence electrons. The van der Waals surface area contributed by atoms with E-state index in [0.29, 0.717) is 11.1 Å². The third-order valence-electron chi connectivity index (χ3n) is 2.73. The van der Waals surface area contributed by atoms with E-state index >= 15 is 0 Å². The van der Waals surface area contributed by atoms with Crippen LogP contribution in [-0.4, -0.2) is 10.2 Å². The largest absolute Gasteiger partial charge is 0.411 e. The maximum atomic E-state index is 5.68. The highest BCUT2D eigenvalue weighted by Gasteiger charge is 2.09. The van der Waals surface area contributed by atoms with Gasteiger partial charge in [-0.05, 0) is 35.9 Å². The Morgan fingerprint density at radius 1 is 0.952 bits per heavy atom. The molecule has 1 aromatic heterocycles. The summed E-state index contributed by atoms with van der Waals surface area (Å²) in [5.74, 6) is 1.33. The molecule has 21 heavy (non-hydrogen) atoms. The van der Waals surface area contributed by atoms with E-state index in [2.05, 4.69) is 54.2 Å². The Bertz CT molecular complexity index is 761. The minimum Gasteiger partial charge on any atom is -0.411 e. The molecule has 0 spiro atoms. The summed E-state index contributed by atoms with van der Waals surface area (Å²) in [5, 5.41) is 8.74. The number of rotatable bonds is 4. The van der Waals surface area contributed by atoms with Crippen LogP contribution in [0, 0.1) is 0 Å². The summed E-state index contributed by atoms with van der Waals surface area (Å²) >= 11 is 8.43. The van der Waals surface area contributed by atoms with Gasteiger partial charge < -0.3 is 4.42 Å². The third kappa shape index (κ3) is 3.96. The van der Waals surface area contributed by atoms with Gasteiger partial charge in [0, 0.05) is 20.3 Å². The van der Waals surface area contributed by atoms with Crippen molar-refractivity contribution < 1.29 is 4.42 Å². The highest BCUT2D eigenvalue weighted by Crippen LogP contribution is 2.27. The minimum atomic E-state index is 0.535. The van der Waals surface area contributed by atoms with Crippen molar-refractivity contribution in [2.24, 2.45) is 0 Å². The summed E-state index contributed by atoms with van der Waals surface area (Å²) in [4.78, 5) is 0.